The lowest BCUT2D eigenvalue weighted by Crippen LogP contribution is -2.48. The minimum absolute atomic E-state index is 0.307. The molecule has 1 N–H and O–H groups in total. The number of halogens is 1. The van der Waals surface area contributed by atoms with Gasteiger partial charge in [0.25, 0.3) is 0 Å². The van der Waals surface area contributed by atoms with Crippen molar-refractivity contribution in [2.24, 2.45) is 0 Å². The van der Waals surface area contributed by atoms with E-state index in [0.717, 1.165) is 49.8 Å². The molecule has 2 heterocycles. The van der Waals surface area contributed by atoms with E-state index in [-0.39, 0.29) is 0 Å². The molecule has 0 amide bonds. The number of hydrogen-bond donors (Lipinski definition) is 1. The van der Waals surface area contributed by atoms with Gasteiger partial charge in [0.2, 0.25) is 6.79 Å². The number of nitrogens with zero attached hydrogens (tertiary/aromatic N) is 2. The summed E-state index contributed by atoms with van der Waals surface area (Å²) in [7, 11) is 0. The van der Waals surface area contributed by atoms with Crippen molar-refractivity contribution in [2.75, 3.05) is 46.1 Å². The first kappa shape index (κ1) is 20.4. The van der Waals surface area contributed by atoms with Gasteiger partial charge < -0.3 is 19.3 Å². The van der Waals surface area contributed by atoms with Crippen LogP contribution >= 0.6 is 11.6 Å². The lowest BCUT2D eigenvalue weighted by atomic mass is 10.1. The lowest BCUT2D eigenvalue weighted by molar-refractivity contribution is 0.000891. The standard InChI is InChI=1S/C22H27ClN2O4/c23-20-4-2-1-3-18(20)14-27-15-19(26)13-25-9-7-24(8-10-25)12-17-5-6-21-22(11-17)29-16-28-21/h1-6,11,19,26H,7-10,12-16H2/t19-/m1/s1. The van der Waals surface area contributed by atoms with Crippen molar-refractivity contribution >= 4 is 11.6 Å². The summed E-state index contributed by atoms with van der Waals surface area (Å²) in [6.45, 7) is 6.38. The summed E-state index contributed by atoms with van der Waals surface area (Å²) in [4.78, 5) is 4.72. The predicted molar refractivity (Wildman–Crippen MR) is 111 cm³/mol. The fourth-order valence-electron chi connectivity index (χ4n) is 3.70. The Bertz CT molecular complexity index is 811. The van der Waals surface area contributed by atoms with Crippen LogP contribution in [0.2, 0.25) is 5.02 Å². The van der Waals surface area contributed by atoms with E-state index < -0.39 is 6.10 Å². The molecule has 156 valence electrons. The molecule has 1 fully saturated rings. The normalized spacial score (nSPS) is 18.1. The molecule has 0 aromatic heterocycles. The number of rotatable bonds is 8. The van der Waals surface area contributed by atoms with Crippen LogP contribution in [0.5, 0.6) is 11.5 Å². The summed E-state index contributed by atoms with van der Waals surface area (Å²) < 4.78 is 16.5. The van der Waals surface area contributed by atoms with Crippen molar-refractivity contribution in [2.45, 2.75) is 19.3 Å². The smallest absolute Gasteiger partial charge is 0.231 e. The molecule has 0 bridgehead atoms. The molecule has 1 atom stereocenters. The van der Waals surface area contributed by atoms with Crippen LogP contribution in [-0.2, 0) is 17.9 Å². The fraction of sp³-hybridized carbons (Fsp3) is 0.455. The Labute approximate surface area is 176 Å². The maximum absolute atomic E-state index is 10.3. The molecule has 0 unspecified atom stereocenters. The average molecular weight is 419 g/mol. The summed E-state index contributed by atoms with van der Waals surface area (Å²) in [5, 5.41) is 11.0. The largest absolute Gasteiger partial charge is 0.454 e. The van der Waals surface area contributed by atoms with E-state index in [9.17, 15) is 5.11 Å². The number of aliphatic hydroxyl groups is 1. The number of hydrogen-bond acceptors (Lipinski definition) is 6. The van der Waals surface area contributed by atoms with E-state index in [4.69, 9.17) is 25.8 Å². The fourth-order valence-corrected chi connectivity index (χ4v) is 3.89. The molecule has 0 spiro atoms. The van der Waals surface area contributed by atoms with Gasteiger partial charge in [-0.05, 0) is 29.3 Å². The van der Waals surface area contributed by atoms with Crippen LogP contribution in [0.4, 0.5) is 0 Å². The Morgan fingerprint density at radius 1 is 1.00 bits per heavy atom. The van der Waals surface area contributed by atoms with E-state index in [1.54, 1.807) is 0 Å². The van der Waals surface area contributed by atoms with Crippen LogP contribution < -0.4 is 9.47 Å². The molecule has 29 heavy (non-hydrogen) atoms. The van der Waals surface area contributed by atoms with Gasteiger partial charge in [-0.3, -0.25) is 9.80 Å². The van der Waals surface area contributed by atoms with Gasteiger partial charge in [0, 0.05) is 44.3 Å². The van der Waals surface area contributed by atoms with Gasteiger partial charge >= 0.3 is 0 Å². The minimum atomic E-state index is -0.502. The highest BCUT2D eigenvalue weighted by Crippen LogP contribution is 2.32. The number of piperazine rings is 1. The summed E-state index contributed by atoms with van der Waals surface area (Å²) in [6.07, 6.45) is -0.502. The van der Waals surface area contributed by atoms with E-state index in [1.807, 2.05) is 30.3 Å². The summed E-state index contributed by atoms with van der Waals surface area (Å²) in [5.41, 5.74) is 2.18. The molecule has 2 aromatic carbocycles. The maximum atomic E-state index is 10.3. The molecular weight excluding hydrogens is 392 g/mol. The lowest BCUT2D eigenvalue weighted by Gasteiger charge is -2.35. The first-order chi connectivity index (χ1) is 14.2. The number of β-amino-alcohol motifs (C(OH)–C–C–N with tert-alkyl or cyclic N) is 1. The Balaban J connectivity index is 1.15. The number of benzene rings is 2. The second kappa shape index (κ2) is 9.78. The number of aliphatic hydroxyl groups excluding tert-OH is 1. The van der Waals surface area contributed by atoms with E-state index in [1.165, 1.54) is 5.56 Å². The van der Waals surface area contributed by atoms with Gasteiger partial charge in [-0.25, -0.2) is 0 Å². The summed E-state index contributed by atoms with van der Waals surface area (Å²) in [5.74, 6) is 1.66. The molecule has 0 radical (unpaired) electrons. The second-order valence-corrected chi connectivity index (χ2v) is 7.93. The van der Waals surface area contributed by atoms with E-state index >= 15 is 0 Å². The first-order valence-corrected chi connectivity index (χ1v) is 10.4. The van der Waals surface area contributed by atoms with Gasteiger partial charge in [-0.2, -0.15) is 0 Å². The molecule has 2 aliphatic heterocycles. The van der Waals surface area contributed by atoms with Crippen LogP contribution in [0.3, 0.4) is 0 Å². The second-order valence-electron chi connectivity index (χ2n) is 7.52. The SMILES string of the molecule is O[C@@H](COCc1ccccc1Cl)CN1CCN(Cc2ccc3c(c2)OCO3)CC1. The highest BCUT2D eigenvalue weighted by atomic mass is 35.5. The van der Waals surface area contributed by atoms with E-state index in [0.29, 0.717) is 31.6 Å². The highest BCUT2D eigenvalue weighted by molar-refractivity contribution is 6.31. The zero-order valence-corrected chi connectivity index (χ0v) is 17.2. The molecule has 0 aliphatic carbocycles. The third-order valence-electron chi connectivity index (χ3n) is 5.30. The van der Waals surface area contributed by atoms with Gasteiger partial charge in [0.15, 0.2) is 11.5 Å². The number of fused-ring (bicyclic) bond motifs is 1. The van der Waals surface area contributed by atoms with E-state index in [2.05, 4.69) is 21.9 Å². The van der Waals surface area contributed by atoms with Crippen molar-refractivity contribution in [3.63, 3.8) is 0 Å². The molecule has 1 saturated heterocycles. The first-order valence-electron chi connectivity index (χ1n) is 10.00. The van der Waals surface area contributed by atoms with Crippen LogP contribution in [-0.4, -0.2) is 67.1 Å². The van der Waals surface area contributed by atoms with Crippen LogP contribution in [0.15, 0.2) is 42.5 Å². The topological polar surface area (TPSA) is 54.4 Å². The van der Waals surface area contributed by atoms with Crippen LogP contribution in [0.25, 0.3) is 0 Å². The van der Waals surface area contributed by atoms with Gasteiger partial charge in [0.05, 0.1) is 19.3 Å². The van der Waals surface area contributed by atoms with Gasteiger partial charge in [0.1, 0.15) is 0 Å². The van der Waals surface area contributed by atoms with Crippen LogP contribution in [0.1, 0.15) is 11.1 Å². The molecule has 2 aromatic rings. The molecule has 4 rings (SSSR count). The Kier molecular flexibility index (Phi) is 6.90. The molecule has 6 nitrogen and oxygen atoms in total. The van der Waals surface area contributed by atoms with Crippen LogP contribution in [0, 0.1) is 0 Å². The van der Waals surface area contributed by atoms with Crippen molar-refractivity contribution in [3.05, 3.63) is 58.6 Å². The third-order valence-corrected chi connectivity index (χ3v) is 5.67. The predicted octanol–water partition coefficient (Wildman–Crippen LogP) is 2.76. The monoisotopic (exact) mass is 418 g/mol. The molecule has 7 heteroatoms. The minimum Gasteiger partial charge on any atom is -0.454 e. The van der Waals surface area contributed by atoms with Crippen molar-refractivity contribution in [3.8, 4) is 11.5 Å². The Morgan fingerprint density at radius 2 is 1.76 bits per heavy atom. The van der Waals surface area contributed by atoms with Crippen molar-refractivity contribution in [1.82, 2.24) is 9.80 Å². The van der Waals surface area contributed by atoms with Crippen molar-refractivity contribution < 1.29 is 19.3 Å². The Hall–Kier alpha value is -1.83. The van der Waals surface area contributed by atoms with Gasteiger partial charge in [-0.15, -0.1) is 0 Å². The Morgan fingerprint density at radius 3 is 2.59 bits per heavy atom. The summed E-state index contributed by atoms with van der Waals surface area (Å²) in [6, 6.07) is 13.8. The average Bonchev–Trinajstić information content (AvgIpc) is 3.19. The third kappa shape index (κ3) is 5.62. The molecule has 2 aliphatic rings. The molecular formula is C22H27ClN2O4. The zero-order valence-electron chi connectivity index (χ0n) is 16.4. The number of ether oxygens (including phenoxy) is 3. The highest BCUT2D eigenvalue weighted by Gasteiger charge is 2.20. The molecule has 0 saturated carbocycles. The zero-order chi connectivity index (χ0) is 20.1. The van der Waals surface area contributed by atoms with Gasteiger partial charge in [-0.1, -0.05) is 35.9 Å². The quantitative estimate of drug-likeness (QED) is 0.711. The van der Waals surface area contributed by atoms with Crippen molar-refractivity contribution in [1.29, 1.82) is 0 Å². The maximum Gasteiger partial charge on any atom is 0.231 e. The summed E-state index contributed by atoms with van der Waals surface area (Å²) >= 11 is 6.13.